The Morgan fingerprint density at radius 2 is 2.21 bits per heavy atom. The van der Waals surface area contributed by atoms with Crippen molar-refractivity contribution in [2.45, 2.75) is 57.8 Å². The standard InChI is InChI=1S/C11H20O3/c1-11(2)13-9-7-10(14-11)6-4-3-5-8-12/h8,10H,3-7,9H2,1-2H3/t10-/m0/s1. The zero-order valence-corrected chi connectivity index (χ0v) is 9.12. The molecule has 3 heteroatoms. The Bertz CT molecular complexity index is 177. The minimum absolute atomic E-state index is 0.311. The summed E-state index contributed by atoms with van der Waals surface area (Å²) in [6.45, 7) is 4.68. The Kier molecular flexibility index (Phi) is 4.55. The molecule has 0 radical (unpaired) electrons. The number of hydrogen-bond acceptors (Lipinski definition) is 3. The second-order valence-electron chi connectivity index (χ2n) is 4.23. The van der Waals surface area contributed by atoms with Crippen molar-refractivity contribution < 1.29 is 14.3 Å². The highest BCUT2D eigenvalue weighted by molar-refractivity contribution is 5.48. The molecule has 0 aromatic rings. The molecule has 1 aliphatic heterocycles. The molecule has 0 amide bonds. The predicted octanol–water partition coefficient (Wildman–Crippen LogP) is 2.29. The van der Waals surface area contributed by atoms with Gasteiger partial charge in [-0.25, -0.2) is 0 Å². The van der Waals surface area contributed by atoms with Crippen LogP contribution in [-0.4, -0.2) is 24.8 Å². The van der Waals surface area contributed by atoms with E-state index >= 15 is 0 Å². The smallest absolute Gasteiger partial charge is 0.163 e. The van der Waals surface area contributed by atoms with Crippen LogP contribution in [-0.2, 0) is 14.3 Å². The summed E-state index contributed by atoms with van der Waals surface area (Å²) in [7, 11) is 0. The van der Waals surface area contributed by atoms with Crippen LogP contribution in [0.3, 0.4) is 0 Å². The van der Waals surface area contributed by atoms with E-state index in [1.807, 2.05) is 13.8 Å². The maximum absolute atomic E-state index is 10.1. The summed E-state index contributed by atoms with van der Waals surface area (Å²) in [4.78, 5) is 10.1. The molecular weight excluding hydrogens is 180 g/mol. The number of hydrogen-bond donors (Lipinski definition) is 0. The van der Waals surface area contributed by atoms with E-state index in [1.54, 1.807) is 0 Å². The number of rotatable bonds is 5. The van der Waals surface area contributed by atoms with Crippen molar-refractivity contribution in [3.8, 4) is 0 Å². The van der Waals surface area contributed by atoms with Gasteiger partial charge in [-0.3, -0.25) is 0 Å². The fourth-order valence-electron chi connectivity index (χ4n) is 1.73. The lowest BCUT2D eigenvalue weighted by Gasteiger charge is -2.36. The molecule has 0 N–H and O–H groups in total. The molecule has 0 aromatic carbocycles. The van der Waals surface area contributed by atoms with Gasteiger partial charge in [-0.05, 0) is 33.1 Å². The molecule has 1 heterocycles. The Morgan fingerprint density at radius 1 is 1.43 bits per heavy atom. The van der Waals surface area contributed by atoms with Gasteiger partial charge >= 0.3 is 0 Å². The number of carbonyl (C=O) groups excluding carboxylic acids is 1. The summed E-state index contributed by atoms with van der Waals surface area (Å²) in [6.07, 6.45) is 6.03. The minimum Gasteiger partial charge on any atom is -0.350 e. The largest absolute Gasteiger partial charge is 0.350 e. The molecule has 0 aromatic heterocycles. The number of unbranched alkanes of at least 4 members (excludes halogenated alkanes) is 2. The second-order valence-corrected chi connectivity index (χ2v) is 4.23. The van der Waals surface area contributed by atoms with Crippen LogP contribution in [0.15, 0.2) is 0 Å². The van der Waals surface area contributed by atoms with Crippen LogP contribution in [0, 0.1) is 0 Å². The molecule has 0 bridgehead atoms. The summed E-state index contributed by atoms with van der Waals surface area (Å²) >= 11 is 0. The second kappa shape index (κ2) is 5.47. The highest BCUT2D eigenvalue weighted by atomic mass is 16.7. The molecule has 82 valence electrons. The number of carbonyl (C=O) groups is 1. The lowest BCUT2D eigenvalue weighted by molar-refractivity contribution is -0.274. The maximum atomic E-state index is 10.1. The molecule has 3 nitrogen and oxygen atoms in total. The Morgan fingerprint density at radius 3 is 2.86 bits per heavy atom. The van der Waals surface area contributed by atoms with E-state index in [9.17, 15) is 4.79 Å². The van der Waals surface area contributed by atoms with E-state index in [4.69, 9.17) is 9.47 Å². The van der Waals surface area contributed by atoms with Crippen molar-refractivity contribution >= 4 is 6.29 Å². The van der Waals surface area contributed by atoms with Crippen molar-refractivity contribution in [2.75, 3.05) is 6.61 Å². The van der Waals surface area contributed by atoms with Gasteiger partial charge in [0.1, 0.15) is 6.29 Å². The van der Waals surface area contributed by atoms with Gasteiger partial charge in [-0.2, -0.15) is 0 Å². The Hall–Kier alpha value is -0.410. The third-order valence-electron chi connectivity index (χ3n) is 2.44. The van der Waals surface area contributed by atoms with Crippen LogP contribution in [0.2, 0.25) is 0 Å². The number of aldehydes is 1. The first-order valence-electron chi connectivity index (χ1n) is 5.39. The molecule has 1 saturated heterocycles. The fraction of sp³-hybridized carbons (Fsp3) is 0.909. The van der Waals surface area contributed by atoms with Gasteiger partial charge in [0.2, 0.25) is 0 Å². The van der Waals surface area contributed by atoms with Crippen molar-refractivity contribution in [2.24, 2.45) is 0 Å². The van der Waals surface area contributed by atoms with Crippen molar-refractivity contribution in [3.63, 3.8) is 0 Å². The van der Waals surface area contributed by atoms with Gasteiger partial charge in [0.15, 0.2) is 5.79 Å². The van der Waals surface area contributed by atoms with Crippen LogP contribution in [0.5, 0.6) is 0 Å². The lowest BCUT2D eigenvalue weighted by Crippen LogP contribution is -2.39. The van der Waals surface area contributed by atoms with E-state index in [0.717, 1.165) is 38.6 Å². The maximum Gasteiger partial charge on any atom is 0.163 e. The summed E-state index contributed by atoms with van der Waals surface area (Å²) in [6, 6.07) is 0. The summed E-state index contributed by atoms with van der Waals surface area (Å²) in [5, 5.41) is 0. The average molecular weight is 200 g/mol. The third-order valence-corrected chi connectivity index (χ3v) is 2.44. The molecule has 1 aliphatic rings. The Balaban J connectivity index is 2.14. The molecule has 1 rings (SSSR count). The molecule has 1 atom stereocenters. The van der Waals surface area contributed by atoms with Crippen LogP contribution in [0.1, 0.15) is 46.0 Å². The van der Waals surface area contributed by atoms with Gasteiger partial charge in [-0.15, -0.1) is 0 Å². The summed E-state index contributed by atoms with van der Waals surface area (Å²) in [5.41, 5.74) is 0. The molecule has 14 heavy (non-hydrogen) atoms. The first kappa shape index (κ1) is 11.7. The monoisotopic (exact) mass is 200 g/mol. The highest BCUT2D eigenvalue weighted by Gasteiger charge is 2.28. The highest BCUT2D eigenvalue weighted by Crippen LogP contribution is 2.24. The van der Waals surface area contributed by atoms with E-state index in [2.05, 4.69) is 0 Å². The SMILES string of the molecule is CC1(C)OCC[C@H](CCCCC=O)O1. The van der Waals surface area contributed by atoms with Gasteiger partial charge in [-0.1, -0.05) is 6.42 Å². The fourth-order valence-corrected chi connectivity index (χ4v) is 1.73. The van der Waals surface area contributed by atoms with Gasteiger partial charge in [0.05, 0.1) is 12.7 Å². The van der Waals surface area contributed by atoms with Crippen LogP contribution < -0.4 is 0 Å². The Labute approximate surface area is 85.8 Å². The zero-order valence-electron chi connectivity index (χ0n) is 9.12. The van der Waals surface area contributed by atoms with E-state index in [-0.39, 0.29) is 0 Å². The minimum atomic E-state index is -0.423. The van der Waals surface area contributed by atoms with Gasteiger partial charge in [0, 0.05) is 6.42 Å². The zero-order chi connectivity index (χ0) is 10.4. The average Bonchev–Trinajstić information content (AvgIpc) is 2.11. The first-order chi connectivity index (χ1) is 6.64. The molecule has 1 fully saturated rings. The molecule has 0 spiro atoms. The van der Waals surface area contributed by atoms with E-state index < -0.39 is 5.79 Å². The van der Waals surface area contributed by atoms with E-state index in [1.165, 1.54) is 0 Å². The topological polar surface area (TPSA) is 35.5 Å². The molecule has 0 unspecified atom stereocenters. The molecule has 0 aliphatic carbocycles. The molecular formula is C11H20O3. The van der Waals surface area contributed by atoms with Crippen molar-refractivity contribution in [1.82, 2.24) is 0 Å². The summed E-state index contributed by atoms with van der Waals surface area (Å²) < 4.78 is 11.2. The number of ether oxygens (including phenoxy) is 2. The first-order valence-corrected chi connectivity index (χ1v) is 5.39. The van der Waals surface area contributed by atoms with Crippen LogP contribution in [0.25, 0.3) is 0 Å². The molecule has 0 saturated carbocycles. The normalized spacial score (nSPS) is 26.0. The van der Waals surface area contributed by atoms with Crippen molar-refractivity contribution in [1.29, 1.82) is 0 Å². The van der Waals surface area contributed by atoms with Crippen LogP contribution >= 0.6 is 0 Å². The quantitative estimate of drug-likeness (QED) is 0.504. The third kappa shape index (κ3) is 4.20. The van der Waals surface area contributed by atoms with Gasteiger partial charge < -0.3 is 14.3 Å². The van der Waals surface area contributed by atoms with Gasteiger partial charge in [0.25, 0.3) is 0 Å². The van der Waals surface area contributed by atoms with E-state index in [0.29, 0.717) is 12.5 Å². The van der Waals surface area contributed by atoms with Crippen LogP contribution in [0.4, 0.5) is 0 Å². The summed E-state index contributed by atoms with van der Waals surface area (Å²) in [5.74, 6) is -0.423. The predicted molar refractivity (Wildman–Crippen MR) is 54.1 cm³/mol. The van der Waals surface area contributed by atoms with Crippen molar-refractivity contribution in [3.05, 3.63) is 0 Å². The lowest BCUT2D eigenvalue weighted by atomic mass is 10.1.